The van der Waals surface area contributed by atoms with Gasteiger partial charge in [-0.25, -0.2) is 0 Å². The average molecular weight is 341 g/mol. The molecule has 2 N–H and O–H groups in total. The summed E-state index contributed by atoms with van der Waals surface area (Å²) in [6, 6.07) is 6.89. The summed E-state index contributed by atoms with van der Waals surface area (Å²) in [7, 11) is 0. The van der Waals surface area contributed by atoms with Crippen molar-refractivity contribution in [2.24, 2.45) is 5.92 Å². The van der Waals surface area contributed by atoms with E-state index in [1.807, 2.05) is 12.1 Å². The molecule has 1 amide bonds. The molecule has 3 heterocycles. The highest BCUT2D eigenvalue weighted by Crippen LogP contribution is 2.24. The highest BCUT2D eigenvalue weighted by atomic mass is 16.1. The first kappa shape index (κ1) is 17.1. The second-order valence-electron chi connectivity index (χ2n) is 7.45. The SMILES string of the molecule is CC(C)(C)c1ccc(N2CC(CNC(=O)c3ccc(=O)[nH]c3)C2)nn1. The van der Waals surface area contributed by atoms with Gasteiger partial charge in [-0.2, -0.15) is 5.10 Å². The zero-order valence-corrected chi connectivity index (χ0v) is 14.7. The van der Waals surface area contributed by atoms with Gasteiger partial charge in [-0.05, 0) is 18.2 Å². The van der Waals surface area contributed by atoms with Crippen molar-refractivity contribution in [2.75, 3.05) is 24.5 Å². The van der Waals surface area contributed by atoms with Crippen LogP contribution >= 0.6 is 0 Å². The zero-order valence-electron chi connectivity index (χ0n) is 14.7. The maximum atomic E-state index is 12.0. The first-order chi connectivity index (χ1) is 11.8. The molecule has 132 valence electrons. The monoisotopic (exact) mass is 341 g/mol. The summed E-state index contributed by atoms with van der Waals surface area (Å²) in [5.41, 5.74) is 1.21. The van der Waals surface area contributed by atoms with Gasteiger partial charge in [0.25, 0.3) is 5.91 Å². The molecule has 1 aliphatic rings. The van der Waals surface area contributed by atoms with Gasteiger partial charge < -0.3 is 15.2 Å². The minimum atomic E-state index is -0.218. The fraction of sp³-hybridized carbons (Fsp3) is 0.444. The van der Waals surface area contributed by atoms with Crippen molar-refractivity contribution in [3.63, 3.8) is 0 Å². The minimum absolute atomic E-state index is 0.00495. The first-order valence-corrected chi connectivity index (χ1v) is 8.39. The second kappa shape index (κ2) is 6.66. The molecule has 0 bridgehead atoms. The Labute approximate surface area is 146 Å². The van der Waals surface area contributed by atoms with E-state index < -0.39 is 0 Å². The summed E-state index contributed by atoms with van der Waals surface area (Å²) in [6.07, 6.45) is 1.43. The fourth-order valence-corrected chi connectivity index (χ4v) is 2.67. The molecule has 1 saturated heterocycles. The van der Waals surface area contributed by atoms with Gasteiger partial charge in [0.05, 0.1) is 11.3 Å². The molecule has 3 rings (SSSR count). The number of carbonyl (C=O) groups is 1. The van der Waals surface area contributed by atoms with Crippen molar-refractivity contribution in [1.82, 2.24) is 20.5 Å². The van der Waals surface area contributed by atoms with E-state index in [1.54, 1.807) is 0 Å². The van der Waals surface area contributed by atoms with E-state index in [0.717, 1.165) is 24.6 Å². The zero-order chi connectivity index (χ0) is 18.0. The molecule has 0 radical (unpaired) electrons. The van der Waals surface area contributed by atoms with Crippen LogP contribution in [0.3, 0.4) is 0 Å². The average Bonchev–Trinajstić information content (AvgIpc) is 2.53. The lowest BCUT2D eigenvalue weighted by molar-refractivity contribution is 0.0944. The van der Waals surface area contributed by atoms with E-state index >= 15 is 0 Å². The molecule has 0 unspecified atom stereocenters. The highest BCUT2D eigenvalue weighted by molar-refractivity contribution is 5.93. The Balaban J connectivity index is 1.47. The van der Waals surface area contributed by atoms with Crippen LogP contribution in [-0.2, 0) is 5.41 Å². The van der Waals surface area contributed by atoms with Gasteiger partial charge in [-0.1, -0.05) is 20.8 Å². The molecule has 0 aliphatic carbocycles. The molecule has 7 nitrogen and oxygen atoms in total. The number of anilines is 1. The molecule has 2 aromatic rings. The second-order valence-corrected chi connectivity index (χ2v) is 7.45. The van der Waals surface area contributed by atoms with Crippen LogP contribution in [0.2, 0.25) is 0 Å². The lowest BCUT2D eigenvalue weighted by Crippen LogP contribution is -2.52. The van der Waals surface area contributed by atoms with Crippen LogP contribution in [0.1, 0.15) is 36.8 Å². The van der Waals surface area contributed by atoms with Crippen molar-refractivity contribution < 1.29 is 4.79 Å². The smallest absolute Gasteiger partial charge is 0.252 e. The molecule has 2 aromatic heterocycles. The largest absolute Gasteiger partial charge is 0.354 e. The summed E-state index contributed by atoms with van der Waals surface area (Å²) >= 11 is 0. The van der Waals surface area contributed by atoms with Crippen LogP contribution in [0, 0.1) is 5.92 Å². The normalized spacial score (nSPS) is 14.9. The minimum Gasteiger partial charge on any atom is -0.354 e. The number of nitrogens with zero attached hydrogens (tertiary/aromatic N) is 3. The molecule has 1 fully saturated rings. The predicted molar refractivity (Wildman–Crippen MR) is 95.8 cm³/mol. The van der Waals surface area contributed by atoms with E-state index in [2.05, 4.69) is 46.2 Å². The van der Waals surface area contributed by atoms with Gasteiger partial charge in [0.2, 0.25) is 5.56 Å². The summed E-state index contributed by atoms with van der Waals surface area (Å²) in [5.74, 6) is 1.08. The number of rotatable bonds is 4. The van der Waals surface area contributed by atoms with Gasteiger partial charge in [-0.15, -0.1) is 5.10 Å². The van der Waals surface area contributed by atoms with E-state index in [1.165, 1.54) is 18.3 Å². The number of carbonyl (C=O) groups excluding carboxylic acids is 1. The van der Waals surface area contributed by atoms with Crippen molar-refractivity contribution >= 4 is 11.7 Å². The summed E-state index contributed by atoms with van der Waals surface area (Å²) in [6.45, 7) is 8.62. The maximum Gasteiger partial charge on any atom is 0.252 e. The Morgan fingerprint density at radius 2 is 2.00 bits per heavy atom. The van der Waals surface area contributed by atoms with E-state index in [9.17, 15) is 9.59 Å². The van der Waals surface area contributed by atoms with Crippen LogP contribution in [0.25, 0.3) is 0 Å². The maximum absolute atomic E-state index is 12.0. The summed E-state index contributed by atoms with van der Waals surface area (Å²) in [5, 5.41) is 11.5. The van der Waals surface area contributed by atoms with Crippen molar-refractivity contribution in [2.45, 2.75) is 26.2 Å². The molecule has 0 spiro atoms. The third-order valence-corrected chi connectivity index (χ3v) is 4.30. The number of amides is 1. The molecule has 0 aromatic carbocycles. The van der Waals surface area contributed by atoms with Gasteiger partial charge in [0.15, 0.2) is 5.82 Å². The van der Waals surface area contributed by atoms with Crippen LogP contribution in [0.5, 0.6) is 0 Å². The number of aromatic nitrogens is 3. The van der Waals surface area contributed by atoms with Crippen molar-refractivity contribution in [3.05, 3.63) is 52.1 Å². The van der Waals surface area contributed by atoms with Gasteiger partial charge in [0, 0.05) is 43.2 Å². The Hall–Kier alpha value is -2.70. The number of hydrogen-bond donors (Lipinski definition) is 2. The van der Waals surface area contributed by atoms with E-state index in [0.29, 0.717) is 18.0 Å². The third-order valence-electron chi connectivity index (χ3n) is 4.30. The lowest BCUT2D eigenvalue weighted by Gasteiger charge is -2.40. The van der Waals surface area contributed by atoms with Gasteiger partial charge >= 0.3 is 0 Å². The Morgan fingerprint density at radius 3 is 2.56 bits per heavy atom. The van der Waals surface area contributed by atoms with E-state index in [4.69, 9.17) is 0 Å². The number of H-pyrrole nitrogens is 1. The molecule has 25 heavy (non-hydrogen) atoms. The molecule has 0 saturated carbocycles. The Kier molecular flexibility index (Phi) is 4.57. The Bertz CT molecular complexity index is 781. The van der Waals surface area contributed by atoms with Gasteiger partial charge in [0.1, 0.15) is 0 Å². The summed E-state index contributed by atoms with van der Waals surface area (Å²) in [4.78, 5) is 27.7. The fourth-order valence-electron chi connectivity index (χ4n) is 2.67. The lowest BCUT2D eigenvalue weighted by atomic mass is 9.92. The van der Waals surface area contributed by atoms with Crippen LogP contribution in [-0.4, -0.2) is 40.7 Å². The quantitative estimate of drug-likeness (QED) is 0.875. The molecule has 1 aliphatic heterocycles. The standard InChI is InChI=1S/C18H23N5O2/c1-18(2,3)14-5-6-15(22-21-14)23-10-12(11-23)8-20-17(25)13-4-7-16(24)19-9-13/h4-7,9,12H,8,10-11H2,1-3H3,(H,19,24)(H,20,25). The summed E-state index contributed by atoms with van der Waals surface area (Å²) < 4.78 is 0. The van der Waals surface area contributed by atoms with Crippen molar-refractivity contribution in [1.29, 1.82) is 0 Å². The van der Waals surface area contributed by atoms with Crippen LogP contribution in [0.15, 0.2) is 35.3 Å². The van der Waals surface area contributed by atoms with Crippen molar-refractivity contribution in [3.8, 4) is 0 Å². The topological polar surface area (TPSA) is 91.0 Å². The molecular formula is C18H23N5O2. The predicted octanol–water partition coefficient (Wildman–Crippen LogP) is 1.33. The van der Waals surface area contributed by atoms with E-state index in [-0.39, 0.29) is 16.9 Å². The molecule has 0 atom stereocenters. The number of aromatic amines is 1. The van der Waals surface area contributed by atoms with Gasteiger partial charge in [-0.3, -0.25) is 9.59 Å². The number of nitrogens with one attached hydrogen (secondary N) is 2. The number of hydrogen-bond acceptors (Lipinski definition) is 5. The third kappa shape index (κ3) is 4.04. The highest BCUT2D eigenvalue weighted by Gasteiger charge is 2.28. The van der Waals surface area contributed by atoms with Crippen LogP contribution < -0.4 is 15.8 Å². The molecule has 7 heteroatoms. The Morgan fingerprint density at radius 1 is 1.24 bits per heavy atom. The van der Waals surface area contributed by atoms with Crippen LogP contribution in [0.4, 0.5) is 5.82 Å². The number of pyridine rings is 1. The first-order valence-electron chi connectivity index (χ1n) is 8.39. The molecular weight excluding hydrogens is 318 g/mol.